The van der Waals surface area contributed by atoms with E-state index in [0.717, 1.165) is 43.0 Å². The molecule has 3 heterocycles. The van der Waals surface area contributed by atoms with Crippen LogP contribution < -0.4 is 10.2 Å². The Labute approximate surface area is 153 Å². The highest BCUT2D eigenvalue weighted by Crippen LogP contribution is 2.40. The first-order valence-corrected chi connectivity index (χ1v) is 9.55. The van der Waals surface area contributed by atoms with Gasteiger partial charge in [-0.25, -0.2) is 0 Å². The molecule has 1 aromatic carbocycles. The van der Waals surface area contributed by atoms with Crippen LogP contribution in [-0.2, 0) is 0 Å². The Kier molecular flexibility index (Phi) is 3.76. The van der Waals surface area contributed by atoms with Gasteiger partial charge >= 0.3 is 0 Å². The number of aromatic nitrogens is 4. The molecule has 1 saturated carbocycles. The molecule has 0 spiro atoms. The van der Waals surface area contributed by atoms with Gasteiger partial charge in [0.15, 0.2) is 0 Å². The maximum Gasteiger partial charge on any atom is 0.200 e. The smallest absolute Gasteiger partial charge is 0.200 e. The third-order valence-corrected chi connectivity index (χ3v) is 5.50. The Balaban J connectivity index is 1.31. The molecule has 26 heavy (non-hydrogen) atoms. The van der Waals surface area contributed by atoms with Gasteiger partial charge in [0.25, 0.3) is 0 Å². The number of nitrogens with one attached hydrogen (secondary N) is 1. The van der Waals surface area contributed by atoms with Gasteiger partial charge in [-0.3, -0.25) is 0 Å². The van der Waals surface area contributed by atoms with Gasteiger partial charge in [-0.2, -0.15) is 9.61 Å². The molecule has 1 N–H and O–H groups in total. The van der Waals surface area contributed by atoms with Crippen molar-refractivity contribution in [1.29, 1.82) is 0 Å². The van der Waals surface area contributed by atoms with E-state index in [1.54, 1.807) is 6.33 Å². The first kappa shape index (κ1) is 15.6. The summed E-state index contributed by atoms with van der Waals surface area (Å²) in [5, 5.41) is 16.7. The van der Waals surface area contributed by atoms with Crippen molar-refractivity contribution in [1.82, 2.24) is 19.8 Å². The molecule has 3 aromatic rings. The number of hydrogen-bond donors (Lipinski definition) is 1. The zero-order valence-corrected chi connectivity index (χ0v) is 15.1. The molecule has 5 rings (SSSR count). The fourth-order valence-corrected chi connectivity index (χ4v) is 3.86. The second-order valence-corrected chi connectivity index (χ2v) is 7.60. The van der Waals surface area contributed by atoms with Gasteiger partial charge in [0, 0.05) is 30.7 Å². The lowest BCUT2D eigenvalue weighted by atomic mass is 10.0. The maximum atomic E-state index is 4.65. The van der Waals surface area contributed by atoms with Crippen molar-refractivity contribution >= 4 is 17.0 Å². The molecule has 2 aliphatic rings. The van der Waals surface area contributed by atoms with Crippen molar-refractivity contribution in [2.75, 3.05) is 23.3 Å². The molecule has 134 valence electrons. The molecule has 1 saturated heterocycles. The van der Waals surface area contributed by atoms with Crippen LogP contribution in [0.5, 0.6) is 0 Å². The maximum absolute atomic E-state index is 4.65. The lowest BCUT2D eigenvalue weighted by Gasteiger charge is -2.34. The Morgan fingerprint density at radius 2 is 1.92 bits per heavy atom. The minimum atomic E-state index is 0.464. The number of rotatable bonds is 4. The third kappa shape index (κ3) is 3.00. The molecule has 2 fully saturated rings. The first-order valence-electron chi connectivity index (χ1n) is 9.55. The number of piperidine rings is 1. The van der Waals surface area contributed by atoms with Crippen LogP contribution in [0.3, 0.4) is 0 Å². The Morgan fingerprint density at radius 3 is 2.69 bits per heavy atom. The molecule has 0 amide bonds. The lowest BCUT2D eigenvalue weighted by molar-refractivity contribution is 0.526. The monoisotopic (exact) mass is 348 g/mol. The van der Waals surface area contributed by atoms with Crippen LogP contribution in [0.25, 0.3) is 5.65 Å². The van der Waals surface area contributed by atoms with Gasteiger partial charge in [0.2, 0.25) is 5.65 Å². The third-order valence-electron chi connectivity index (χ3n) is 5.50. The average Bonchev–Trinajstić information content (AvgIpc) is 3.40. The quantitative estimate of drug-likeness (QED) is 0.783. The first-order chi connectivity index (χ1) is 12.8. The topological polar surface area (TPSA) is 58.4 Å². The molecule has 6 nitrogen and oxygen atoms in total. The van der Waals surface area contributed by atoms with Crippen LogP contribution in [0.2, 0.25) is 0 Å². The van der Waals surface area contributed by atoms with Crippen LogP contribution in [0, 0.1) is 6.92 Å². The van der Waals surface area contributed by atoms with E-state index in [-0.39, 0.29) is 0 Å². The number of fused-ring (bicyclic) bond motifs is 1. The van der Waals surface area contributed by atoms with E-state index in [0.29, 0.717) is 12.0 Å². The predicted octanol–water partition coefficient (Wildman–Crippen LogP) is 3.39. The van der Waals surface area contributed by atoms with Gasteiger partial charge in [-0.05, 0) is 56.4 Å². The average molecular weight is 348 g/mol. The summed E-state index contributed by atoms with van der Waals surface area (Å²) in [6, 6.07) is 11.4. The molecular weight excluding hydrogens is 324 g/mol. The SMILES string of the molecule is Cc1cccc(N2CCC(Nc3cc(C4CC4)nn4cnnc34)CC2)c1. The van der Waals surface area contributed by atoms with E-state index in [4.69, 9.17) is 0 Å². The van der Waals surface area contributed by atoms with Crippen LogP contribution in [0.4, 0.5) is 11.4 Å². The zero-order chi connectivity index (χ0) is 17.5. The Hall–Kier alpha value is -2.63. The van der Waals surface area contributed by atoms with E-state index in [1.807, 2.05) is 4.52 Å². The van der Waals surface area contributed by atoms with E-state index in [2.05, 4.69) is 62.8 Å². The summed E-state index contributed by atoms with van der Waals surface area (Å²) < 4.78 is 1.82. The van der Waals surface area contributed by atoms with E-state index < -0.39 is 0 Å². The highest BCUT2D eigenvalue weighted by molar-refractivity contribution is 5.67. The van der Waals surface area contributed by atoms with Crippen molar-refractivity contribution in [2.45, 2.75) is 44.6 Å². The van der Waals surface area contributed by atoms with Crippen LogP contribution in [0.15, 0.2) is 36.7 Å². The zero-order valence-electron chi connectivity index (χ0n) is 15.1. The Bertz CT molecular complexity index is 921. The van der Waals surface area contributed by atoms with Crippen molar-refractivity contribution in [3.63, 3.8) is 0 Å². The normalized spacial score (nSPS) is 18.4. The fraction of sp³-hybridized carbons (Fsp3) is 0.450. The highest BCUT2D eigenvalue weighted by atomic mass is 15.3. The Morgan fingerprint density at radius 1 is 1.08 bits per heavy atom. The minimum absolute atomic E-state index is 0.464. The van der Waals surface area contributed by atoms with E-state index in [9.17, 15) is 0 Å². The number of nitrogens with zero attached hydrogens (tertiary/aromatic N) is 5. The second kappa shape index (κ2) is 6.27. The predicted molar refractivity (Wildman–Crippen MR) is 103 cm³/mol. The number of hydrogen-bond acceptors (Lipinski definition) is 5. The summed E-state index contributed by atoms with van der Waals surface area (Å²) in [4.78, 5) is 2.49. The summed E-state index contributed by atoms with van der Waals surface area (Å²) in [5.41, 5.74) is 5.73. The molecule has 1 aliphatic heterocycles. The number of aryl methyl sites for hydroxylation is 1. The van der Waals surface area contributed by atoms with Crippen molar-refractivity contribution in [3.8, 4) is 0 Å². The van der Waals surface area contributed by atoms with Crippen LogP contribution >= 0.6 is 0 Å². The molecular formula is C20H24N6. The van der Waals surface area contributed by atoms with Crippen molar-refractivity contribution in [3.05, 3.63) is 47.9 Å². The van der Waals surface area contributed by atoms with Crippen molar-refractivity contribution in [2.24, 2.45) is 0 Å². The fourth-order valence-electron chi connectivity index (χ4n) is 3.86. The van der Waals surface area contributed by atoms with Gasteiger partial charge in [-0.15, -0.1) is 10.2 Å². The molecule has 0 bridgehead atoms. The summed E-state index contributed by atoms with van der Waals surface area (Å²) >= 11 is 0. The van der Waals surface area contributed by atoms with Crippen molar-refractivity contribution < 1.29 is 0 Å². The standard InChI is InChI=1S/C20H24N6/c1-14-3-2-4-17(11-14)25-9-7-16(8-10-25)22-19-12-18(15-5-6-15)24-26-13-21-23-20(19)26/h2-4,11-13,15-16,22H,5-10H2,1H3. The molecule has 6 heteroatoms. The highest BCUT2D eigenvalue weighted by Gasteiger charge is 2.27. The van der Waals surface area contributed by atoms with Crippen LogP contribution in [-0.4, -0.2) is 38.9 Å². The summed E-state index contributed by atoms with van der Waals surface area (Å²) in [6.07, 6.45) is 6.43. The second-order valence-electron chi connectivity index (χ2n) is 7.60. The molecule has 0 unspecified atom stereocenters. The van der Waals surface area contributed by atoms with Gasteiger partial charge < -0.3 is 10.2 Å². The summed E-state index contributed by atoms with van der Waals surface area (Å²) in [5.74, 6) is 0.616. The van der Waals surface area contributed by atoms with Gasteiger partial charge in [-0.1, -0.05) is 12.1 Å². The molecule has 2 aromatic heterocycles. The number of anilines is 2. The van der Waals surface area contributed by atoms with E-state index >= 15 is 0 Å². The van der Waals surface area contributed by atoms with Crippen LogP contribution in [0.1, 0.15) is 42.9 Å². The van der Waals surface area contributed by atoms with E-state index in [1.165, 1.54) is 24.1 Å². The van der Waals surface area contributed by atoms with Gasteiger partial charge in [0.1, 0.15) is 6.33 Å². The summed E-state index contributed by atoms with van der Waals surface area (Å²) in [7, 11) is 0. The van der Waals surface area contributed by atoms with Gasteiger partial charge in [0.05, 0.1) is 11.4 Å². The molecule has 1 aliphatic carbocycles. The minimum Gasteiger partial charge on any atom is -0.379 e. The molecule has 0 radical (unpaired) electrons. The number of benzene rings is 1. The lowest BCUT2D eigenvalue weighted by Crippen LogP contribution is -2.39. The summed E-state index contributed by atoms with van der Waals surface area (Å²) in [6.45, 7) is 4.30. The largest absolute Gasteiger partial charge is 0.379 e. The molecule has 0 atom stereocenters.